The highest BCUT2D eigenvalue weighted by molar-refractivity contribution is 5.98. The maximum absolute atomic E-state index is 12.0. The molecule has 0 saturated carbocycles. The summed E-state index contributed by atoms with van der Waals surface area (Å²) in [5.74, 6) is -1.88. The number of hydrogen-bond acceptors (Lipinski definition) is 5. The summed E-state index contributed by atoms with van der Waals surface area (Å²) in [4.78, 5) is 32.9. The van der Waals surface area contributed by atoms with Crippen LogP contribution in [0.4, 0.5) is 5.69 Å². The summed E-state index contributed by atoms with van der Waals surface area (Å²) in [7, 11) is 0. The van der Waals surface area contributed by atoms with E-state index in [1.807, 2.05) is 0 Å². The van der Waals surface area contributed by atoms with E-state index in [0.29, 0.717) is 19.6 Å². The highest BCUT2D eigenvalue weighted by atomic mass is 16.6. The molecule has 0 aromatic heterocycles. The molecule has 1 fully saturated rings. The van der Waals surface area contributed by atoms with Crippen molar-refractivity contribution in [1.82, 2.24) is 5.32 Å². The van der Waals surface area contributed by atoms with Crippen molar-refractivity contribution in [3.8, 4) is 0 Å². The van der Waals surface area contributed by atoms with Crippen LogP contribution in [0.1, 0.15) is 27.1 Å². The summed E-state index contributed by atoms with van der Waals surface area (Å²) in [5.41, 5.74) is -0.784. The van der Waals surface area contributed by atoms with Gasteiger partial charge in [-0.25, -0.2) is 4.79 Å². The normalized spacial score (nSPS) is 17.7. The van der Waals surface area contributed by atoms with Crippen molar-refractivity contribution in [3.63, 3.8) is 0 Å². The van der Waals surface area contributed by atoms with Crippen molar-refractivity contribution in [2.24, 2.45) is 0 Å². The Morgan fingerprint density at radius 3 is 2.60 bits per heavy atom. The molecule has 1 amide bonds. The zero-order valence-corrected chi connectivity index (χ0v) is 10.4. The predicted molar refractivity (Wildman–Crippen MR) is 66.7 cm³/mol. The van der Waals surface area contributed by atoms with Gasteiger partial charge < -0.3 is 15.2 Å². The average molecular weight is 280 g/mol. The lowest BCUT2D eigenvalue weighted by atomic mass is 10.1. The summed E-state index contributed by atoms with van der Waals surface area (Å²) < 4.78 is 5.10. The number of amides is 1. The van der Waals surface area contributed by atoms with Crippen LogP contribution in [0.5, 0.6) is 0 Å². The summed E-state index contributed by atoms with van der Waals surface area (Å²) in [5, 5.41) is 22.3. The van der Waals surface area contributed by atoms with Gasteiger partial charge in [0.1, 0.15) is 0 Å². The molecule has 1 unspecified atom stereocenters. The molecule has 2 N–H and O–H groups in total. The largest absolute Gasteiger partial charge is 0.478 e. The molecule has 1 atom stereocenters. The van der Waals surface area contributed by atoms with Crippen molar-refractivity contribution in [2.45, 2.75) is 12.5 Å². The van der Waals surface area contributed by atoms with E-state index in [1.165, 1.54) is 0 Å². The first-order valence-corrected chi connectivity index (χ1v) is 5.89. The number of carboxylic acid groups (broad SMARTS) is 1. The number of nitro benzene ring substituents is 1. The molecule has 1 heterocycles. The van der Waals surface area contributed by atoms with Gasteiger partial charge in [-0.2, -0.15) is 0 Å². The van der Waals surface area contributed by atoms with Crippen LogP contribution < -0.4 is 5.32 Å². The lowest BCUT2D eigenvalue weighted by Crippen LogP contribution is -2.35. The molecule has 0 radical (unpaired) electrons. The van der Waals surface area contributed by atoms with Gasteiger partial charge in [-0.15, -0.1) is 0 Å². The van der Waals surface area contributed by atoms with Gasteiger partial charge in [0.05, 0.1) is 23.1 Å². The Morgan fingerprint density at radius 2 is 2.05 bits per heavy atom. The van der Waals surface area contributed by atoms with Gasteiger partial charge in [0, 0.05) is 24.3 Å². The van der Waals surface area contributed by atoms with Crippen molar-refractivity contribution in [3.05, 3.63) is 39.4 Å². The Balaban J connectivity index is 2.26. The molecule has 1 aliphatic rings. The van der Waals surface area contributed by atoms with Crippen LogP contribution in [0, 0.1) is 10.1 Å². The van der Waals surface area contributed by atoms with Crippen LogP contribution in [0.2, 0.25) is 0 Å². The second-order valence-corrected chi connectivity index (χ2v) is 4.36. The maximum Gasteiger partial charge on any atom is 0.335 e. The minimum absolute atomic E-state index is 0.0523. The number of nitro groups is 1. The first kappa shape index (κ1) is 13.9. The number of hydrogen-bond donors (Lipinski definition) is 2. The number of nitrogens with zero attached hydrogens (tertiary/aromatic N) is 1. The number of carbonyl (C=O) groups excluding carboxylic acids is 1. The Hall–Kier alpha value is -2.48. The Kier molecular flexibility index (Phi) is 3.94. The quantitative estimate of drug-likeness (QED) is 0.622. The molecular weight excluding hydrogens is 268 g/mol. The average Bonchev–Trinajstić information content (AvgIpc) is 2.90. The molecule has 2 rings (SSSR count). The van der Waals surface area contributed by atoms with Crippen molar-refractivity contribution >= 4 is 17.6 Å². The minimum Gasteiger partial charge on any atom is -0.478 e. The van der Waals surface area contributed by atoms with E-state index in [-0.39, 0.29) is 17.2 Å². The first-order chi connectivity index (χ1) is 9.47. The molecule has 8 heteroatoms. The van der Waals surface area contributed by atoms with Crippen LogP contribution in [0.3, 0.4) is 0 Å². The molecule has 106 valence electrons. The van der Waals surface area contributed by atoms with Crippen molar-refractivity contribution in [1.29, 1.82) is 0 Å². The SMILES string of the molecule is O=C(O)c1cc(C(=O)NC2CCOC2)cc([N+](=O)[O-])c1. The Labute approximate surface area is 113 Å². The second-order valence-electron chi connectivity index (χ2n) is 4.36. The molecule has 20 heavy (non-hydrogen) atoms. The number of ether oxygens (including phenoxy) is 1. The van der Waals surface area contributed by atoms with Crippen LogP contribution in [-0.2, 0) is 4.74 Å². The van der Waals surface area contributed by atoms with Gasteiger partial charge in [0.15, 0.2) is 0 Å². The highest BCUT2D eigenvalue weighted by Gasteiger charge is 2.21. The van der Waals surface area contributed by atoms with Gasteiger partial charge in [-0.1, -0.05) is 0 Å². The summed E-state index contributed by atoms with van der Waals surface area (Å²) in [6, 6.07) is 2.92. The monoisotopic (exact) mass is 280 g/mol. The zero-order chi connectivity index (χ0) is 14.7. The van der Waals surface area contributed by atoms with Crippen LogP contribution in [-0.4, -0.2) is 41.2 Å². The number of carboxylic acids is 1. The van der Waals surface area contributed by atoms with E-state index in [1.54, 1.807) is 0 Å². The fraction of sp³-hybridized carbons (Fsp3) is 0.333. The van der Waals surface area contributed by atoms with E-state index in [0.717, 1.165) is 18.2 Å². The maximum atomic E-state index is 12.0. The molecule has 0 aliphatic carbocycles. The third-order valence-corrected chi connectivity index (χ3v) is 2.90. The van der Waals surface area contributed by atoms with E-state index < -0.39 is 22.5 Å². The number of rotatable bonds is 4. The Bertz CT molecular complexity index is 533. The van der Waals surface area contributed by atoms with E-state index in [2.05, 4.69) is 5.32 Å². The summed E-state index contributed by atoms with van der Waals surface area (Å²) in [6.07, 6.45) is 0.659. The molecule has 1 aliphatic heterocycles. The highest BCUT2D eigenvalue weighted by Crippen LogP contribution is 2.18. The van der Waals surface area contributed by atoms with Gasteiger partial charge in [-0.05, 0) is 12.5 Å². The minimum atomic E-state index is -1.33. The van der Waals surface area contributed by atoms with Crippen LogP contribution in [0.25, 0.3) is 0 Å². The fourth-order valence-electron chi connectivity index (χ4n) is 1.89. The van der Waals surface area contributed by atoms with Crippen molar-refractivity contribution < 1.29 is 24.4 Å². The van der Waals surface area contributed by atoms with Gasteiger partial charge in [-0.3, -0.25) is 14.9 Å². The standard InChI is InChI=1S/C12H12N2O6/c15-11(13-9-1-2-20-6-9)7-3-8(12(16)17)5-10(4-7)14(18)19/h3-5,9H,1-2,6H2,(H,13,15)(H,16,17). The first-order valence-electron chi connectivity index (χ1n) is 5.89. The summed E-state index contributed by atoms with van der Waals surface area (Å²) >= 11 is 0. The third kappa shape index (κ3) is 3.09. The molecule has 0 spiro atoms. The lowest BCUT2D eigenvalue weighted by molar-refractivity contribution is -0.384. The van der Waals surface area contributed by atoms with Crippen LogP contribution in [0.15, 0.2) is 18.2 Å². The smallest absolute Gasteiger partial charge is 0.335 e. The molecular formula is C12H12N2O6. The molecule has 8 nitrogen and oxygen atoms in total. The molecule has 1 saturated heterocycles. The molecule has 0 bridgehead atoms. The predicted octanol–water partition coefficient (Wildman–Crippen LogP) is 0.812. The van der Waals surface area contributed by atoms with E-state index >= 15 is 0 Å². The van der Waals surface area contributed by atoms with Crippen LogP contribution >= 0.6 is 0 Å². The van der Waals surface area contributed by atoms with E-state index in [9.17, 15) is 19.7 Å². The fourth-order valence-corrected chi connectivity index (χ4v) is 1.89. The Morgan fingerprint density at radius 1 is 1.35 bits per heavy atom. The molecule has 1 aromatic carbocycles. The number of nitrogens with one attached hydrogen (secondary N) is 1. The number of aromatic carboxylic acids is 1. The summed E-state index contributed by atoms with van der Waals surface area (Å²) in [6.45, 7) is 0.923. The van der Waals surface area contributed by atoms with Gasteiger partial charge >= 0.3 is 5.97 Å². The van der Waals surface area contributed by atoms with E-state index in [4.69, 9.17) is 9.84 Å². The molecule has 1 aromatic rings. The topological polar surface area (TPSA) is 119 Å². The van der Waals surface area contributed by atoms with Crippen molar-refractivity contribution in [2.75, 3.05) is 13.2 Å². The number of benzene rings is 1. The second kappa shape index (κ2) is 5.66. The third-order valence-electron chi connectivity index (χ3n) is 2.90. The number of non-ortho nitro benzene ring substituents is 1. The lowest BCUT2D eigenvalue weighted by Gasteiger charge is -2.10. The van der Waals surface area contributed by atoms with Gasteiger partial charge in [0.25, 0.3) is 11.6 Å². The zero-order valence-electron chi connectivity index (χ0n) is 10.4. The van der Waals surface area contributed by atoms with Gasteiger partial charge in [0.2, 0.25) is 0 Å². The number of carbonyl (C=O) groups is 2.